The van der Waals surface area contributed by atoms with Crippen molar-refractivity contribution >= 4 is 5.69 Å². The molecule has 1 aromatic rings. The minimum atomic E-state index is 0.777. The minimum absolute atomic E-state index is 0.777. The molecule has 0 amide bonds. The third-order valence-corrected chi connectivity index (χ3v) is 2.47. The normalized spacial score (nSPS) is 21.3. The predicted octanol–water partition coefficient (Wildman–Crippen LogP) is 2.60. The Balaban J connectivity index is 2.37. The molecule has 64 valence electrons. The minimum Gasteiger partial charge on any atom is -0.385 e. The summed E-state index contributed by atoms with van der Waals surface area (Å²) in [4.78, 5) is 0. The highest BCUT2D eigenvalue weighted by Gasteiger charge is 2.13. The molecular weight excluding hydrogens is 146 g/mol. The number of hydrogen-bond donors (Lipinski definition) is 1. The number of aryl methyl sites for hydroxylation is 1. The number of anilines is 1. The van der Waals surface area contributed by atoms with Crippen LogP contribution in [0.5, 0.6) is 0 Å². The van der Waals surface area contributed by atoms with Crippen molar-refractivity contribution in [2.45, 2.75) is 20.3 Å². The molecule has 0 spiro atoms. The molecule has 0 fully saturated rings. The molecule has 1 aromatic carbocycles. The van der Waals surface area contributed by atoms with E-state index in [0.717, 1.165) is 12.5 Å². The second-order valence-electron chi connectivity index (χ2n) is 3.85. The summed E-state index contributed by atoms with van der Waals surface area (Å²) in [6.45, 7) is 5.56. The molecule has 1 atom stereocenters. The summed E-state index contributed by atoms with van der Waals surface area (Å²) < 4.78 is 0. The Labute approximate surface area is 73.8 Å². The maximum absolute atomic E-state index is 3.44. The first-order chi connectivity index (χ1) is 5.75. The highest BCUT2D eigenvalue weighted by molar-refractivity contribution is 5.54. The van der Waals surface area contributed by atoms with Gasteiger partial charge in [-0.2, -0.15) is 0 Å². The zero-order valence-corrected chi connectivity index (χ0v) is 7.72. The van der Waals surface area contributed by atoms with Gasteiger partial charge in [0.25, 0.3) is 0 Å². The molecule has 0 aromatic heterocycles. The van der Waals surface area contributed by atoms with Crippen LogP contribution in [0, 0.1) is 12.8 Å². The molecule has 12 heavy (non-hydrogen) atoms. The van der Waals surface area contributed by atoms with Gasteiger partial charge in [0.15, 0.2) is 0 Å². The first-order valence-corrected chi connectivity index (χ1v) is 4.59. The smallest absolute Gasteiger partial charge is 0.0373 e. The van der Waals surface area contributed by atoms with Crippen molar-refractivity contribution in [1.82, 2.24) is 0 Å². The summed E-state index contributed by atoms with van der Waals surface area (Å²) in [6, 6.07) is 6.65. The third-order valence-electron chi connectivity index (χ3n) is 2.47. The Hall–Kier alpha value is -0.980. The SMILES string of the molecule is Cc1ccc2c(c1)C[C@@H](C)CN2. The Bertz CT molecular complexity index is 291. The van der Waals surface area contributed by atoms with Gasteiger partial charge in [-0.25, -0.2) is 0 Å². The molecule has 0 aliphatic carbocycles. The van der Waals surface area contributed by atoms with Gasteiger partial charge in [-0.15, -0.1) is 0 Å². The van der Waals surface area contributed by atoms with Crippen molar-refractivity contribution in [3.63, 3.8) is 0 Å². The number of hydrogen-bond acceptors (Lipinski definition) is 1. The van der Waals surface area contributed by atoms with Crippen molar-refractivity contribution in [2.24, 2.45) is 5.92 Å². The van der Waals surface area contributed by atoms with Crippen LogP contribution in [0.3, 0.4) is 0 Å². The fourth-order valence-electron chi connectivity index (χ4n) is 1.80. The molecule has 1 heterocycles. The molecule has 0 radical (unpaired) electrons. The summed E-state index contributed by atoms with van der Waals surface area (Å²) in [5, 5.41) is 3.44. The molecule has 0 unspecified atom stereocenters. The highest BCUT2D eigenvalue weighted by atomic mass is 14.9. The van der Waals surface area contributed by atoms with E-state index in [2.05, 4.69) is 37.4 Å². The lowest BCUT2D eigenvalue weighted by Crippen LogP contribution is -2.20. The molecule has 2 rings (SSSR count). The molecule has 0 saturated heterocycles. The summed E-state index contributed by atoms with van der Waals surface area (Å²) in [6.07, 6.45) is 1.23. The van der Waals surface area contributed by atoms with Gasteiger partial charge < -0.3 is 5.32 Å². The fourth-order valence-corrected chi connectivity index (χ4v) is 1.80. The maximum Gasteiger partial charge on any atom is 0.0373 e. The van der Waals surface area contributed by atoms with Crippen LogP contribution in [-0.2, 0) is 6.42 Å². The average molecular weight is 161 g/mol. The lowest BCUT2D eigenvalue weighted by atomic mass is 9.94. The van der Waals surface area contributed by atoms with Crippen molar-refractivity contribution < 1.29 is 0 Å². The van der Waals surface area contributed by atoms with Gasteiger partial charge in [0, 0.05) is 12.2 Å². The van der Waals surface area contributed by atoms with Gasteiger partial charge in [0.1, 0.15) is 0 Å². The number of fused-ring (bicyclic) bond motifs is 1. The van der Waals surface area contributed by atoms with Crippen LogP contribution < -0.4 is 5.32 Å². The first kappa shape index (κ1) is 7.66. The van der Waals surface area contributed by atoms with Gasteiger partial charge in [-0.1, -0.05) is 24.6 Å². The molecular formula is C11H15N. The van der Waals surface area contributed by atoms with Gasteiger partial charge in [0.05, 0.1) is 0 Å². The Kier molecular flexibility index (Phi) is 1.80. The van der Waals surface area contributed by atoms with Gasteiger partial charge in [-0.3, -0.25) is 0 Å². The van der Waals surface area contributed by atoms with Gasteiger partial charge >= 0.3 is 0 Å². The molecule has 0 saturated carbocycles. The Morgan fingerprint density at radius 2 is 2.25 bits per heavy atom. The van der Waals surface area contributed by atoms with Crippen LogP contribution in [-0.4, -0.2) is 6.54 Å². The molecule has 1 aliphatic rings. The molecule has 1 heteroatoms. The average Bonchev–Trinajstić information content (AvgIpc) is 2.03. The predicted molar refractivity (Wildman–Crippen MR) is 52.5 cm³/mol. The second-order valence-corrected chi connectivity index (χ2v) is 3.85. The Morgan fingerprint density at radius 1 is 1.42 bits per heavy atom. The van der Waals surface area contributed by atoms with E-state index in [0.29, 0.717) is 0 Å². The Morgan fingerprint density at radius 3 is 3.08 bits per heavy atom. The van der Waals surface area contributed by atoms with Gasteiger partial charge in [-0.05, 0) is 30.9 Å². The van der Waals surface area contributed by atoms with Gasteiger partial charge in [0.2, 0.25) is 0 Å². The first-order valence-electron chi connectivity index (χ1n) is 4.59. The highest BCUT2D eigenvalue weighted by Crippen LogP contribution is 2.24. The second kappa shape index (κ2) is 2.81. The maximum atomic E-state index is 3.44. The lowest BCUT2D eigenvalue weighted by molar-refractivity contribution is 0.594. The zero-order chi connectivity index (χ0) is 8.55. The van der Waals surface area contributed by atoms with Crippen LogP contribution >= 0.6 is 0 Å². The fraction of sp³-hybridized carbons (Fsp3) is 0.455. The summed E-state index contributed by atoms with van der Waals surface area (Å²) in [5.41, 5.74) is 4.18. The topological polar surface area (TPSA) is 12.0 Å². The van der Waals surface area contributed by atoms with Crippen LogP contribution in [0.4, 0.5) is 5.69 Å². The van der Waals surface area contributed by atoms with E-state index >= 15 is 0 Å². The van der Waals surface area contributed by atoms with Crippen LogP contribution in [0.1, 0.15) is 18.1 Å². The van der Waals surface area contributed by atoms with E-state index in [9.17, 15) is 0 Å². The summed E-state index contributed by atoms with van der Waals surface area (Å²) >= 11 is 0. The summed E-state index contributed by atoms with van der Waals surface area (Å²) in [5.74, 6) is 0.777. The number of rotatable bonds is 0. The van der Waals surface area contributed by atoms with E-state index in [-0.39, 0.29) is 0 Å². The van der Waals surface area contributed by atoms with E-state index in [1.165, 1.54) is 23.2 Å². The van der Waals surface area contributed by atoms with E-state index in [1.807, 2.05) is 0 Å². The largest absolute Gasteiger partial charge is 0.385 e. The van der Waals surface area contributed by atoms with Crippen LogP contribution in [0.25, 0.3) is 0 Å². The van der Waals surface area contributed by atoms with Crippen molar-refractivity contribution in [2.75, 3.05) is 11.9 Å². The van der Waals surface area contributed by atoms with Crippen LogP contribution in [0.2, 0.25) is 0 Å². The third kappa shape index (κ3) is 1.31. The van der Waals surface area contributed by atoms with E-state index in [4.69, 9.17) is 0 Å². The van der Waals surface area contributed by atoms with E-state index in [1.54, 1.807) is 0 Å². The van der Waals surface area contributed by atoms with Crippen molar-refractivity contribution in [1.29, 1.82) is 0 Å². The molecule has 1 aliphatic heterocycles. The van der Waals surface area contributed by atoms with Crippen LogP contribution in [0.15, 0.2) is 18.2 Å². The monoisotopic (exact) mass is 161 g/mol. The molecule has 1 nitrogen and oxygen atoms in total. The van der Waals surface area contributed by atoms with Crippen molar-refractivity contribution in [3.8, 4) is 0 Å². The number of benzene rings is 1. The number of nitrogens with one attached hydrogen (secondary N) is 1. The zero-order valence-electron chi connectivity index (χ0n) is 7.72. The molecule has 0 bridgehead atoms. The standard InChI is InChI=1S/C11H15N/c1-8-3-4-11-10(5-8)6-9(2)7-12-11/h3-5,9,12H,6-7H2,1-2H3/t9-/m1/s1. The van der Waals surface area contributed by atoms with E-state index < -0.39 is 0 Å². The summed E-state index contributed by atoms with van der Waals surface area (Å²) in [7, 11) is 0. The molecule has 1 N–H and O–H groups in total. The quantitative estimate of drug-likeness (QED) is 0.616. The van der Waals surface area contributed by atoms with Crippen molar-refractivity contribution in [3.05, 3.63) is 29.3 Å². The lowest BCUT2D eigenvalue weighted by Gasteiger charge is -2.23.